The fourth-order valence-corrected chi connectivity index (χ4v) is 4.93. The summed E-state index contributed by atoms with van der Waals surface area (Å²) in [6, 6.07) is 14.4. The molecule has 0 saturated carbocycles. The van der Waals surface area contributed by atoms with E-state index in [1.807, 2.05) is 49.4 Å². The molecule has 27 heavy (non-hydrogen) atoms. The van der Waals surface area contributed by atoms with Crippen molar-refractivity contribution in [3.63, 3.8) is 0 Å². The molecule has 5 heteroatoms. The third kappa shape index (κ3) is 4.04. The van der Waals surface area contributed by atoms with Gasteiger partial charge in [0, 0.05) is 11.6 Å². The van der Waals surface area contributed by atoms with Crippen LogP contribution in [0.2, 0.25) is 0 Å². The van der Waals surface area contributed by atoms with Crippen LogP contribution < -0.4 is 5.32 Å². The minimum absolute atomic E-state index is 0.0748. The summed E-state index contributed by atoms with van der Waals surface area (Å²) in [5, 5.41) is 4.34. The van der Waals surface area contributed by atoms with E-state index in [0.29, 0.717) is 12.5 Å². The summed E-state index contributed by atoms with van der Waals surface area (Å²) in [4.78, 5) is 19.6. The van der Waals surface area contributed by atoms with Gasteiger partial charge in [0.05, 0.1) is 21.8 Å². The lowest BCUT2D eigenvalue weighted by atomic mass is 9.97. The Hall–Kier alpha value is -2.24. The minimum atomic E-state index is 0.0748. The molecule has 1 saturated heterocycles. The monoisotopic (exact) mass is 379 g/mol. The molecule has 0 bridgehead atoms. The number of likely N-dealkylation sites (tertiary alicyclic amines) is 1. The summed E-state index contributed by atoms with van der Waals surface area (Å²) in [5.41, 5.74) is 4.27. The number of nitrogens with zero attached hydrogens (tertiary/aromatic N) is 2. The minimum Gasteiger partial charge on any atom is -0.324 e. The largest absolute Gasteiger partial charge is 0.324 e. The van der Waals surface area contributed by atoms with Crippen LogP contribution in [0.15, 0.2) is 42.5 Å². The number of piperidine rings is 1. The molecule has 0 radical (unpaired) electrons. The van der Waals surface area contributed by atoms with Crippen LogP contribution in [0.4, 0.5) is 5.69 Å². The molecule has 0 atom stereocenters. The lowest BCUT2D eigenvalue weighted by Gasteiger charge is -2.30. The van der Waals surface area contributed by atoms with Crippen molar-refractivity contribution in [1.82, 2.24) is 9.88 Å². The third-order valence-electron chi connectivity index (χ3n) is 5.36. The normalized spacial score (nSPS) is 15.9. The van der Waals surface area contributed by atoms with E-state index >= 15 is 0 Å². The second-order valence-corrected chi connectivity index (χ2v) is 8.45. The Morgan fingerprint density at radius 2 is 1.81 bits per heavy atom. The summed E-state index contributed by atoms with van der Waals surface area (Å²) >= 11 is 1.81. The highest BCUT2D eigenvalue weighted by atomic mass is 32.1. The lowest BCUT2D eigenvalue weighted by Crippen LogP contribution is -2.38. The van der Waals surface area contributed by atoms with Gasteiger partial charge in [0.15, 0.2) is 0 Å². The van der Waals surface area contributed by atoms with E-state index in [2.05, 4.69) is 28.4 Å². The van der Waals surface area contributed by atoms with Crippen LogP contribution in [0.25, 0.3) is 10.2 Å². The Bertz CT molecular complexity index is 904. The van der Waals surface area contributed by atoms with E-state index in [4.69, 9.17) is 4.98 Å². The van der Waals surface area contributed by atoms with Crippen LogP contribution in [0.1, 0.15) is 34.9 Å². The molecule has 1 amide bonds. The van der Waals surface area contributed by atoms with Crippen molar-refractivity contribution < 1.29 is 4.79 Å². The first-order valence-corrected chi connectivity index (χ1v) is 10.4. The van der Waals surface area contributed by atoms with Crippen LogP contribution in [-0.2, 0) is 4.79 Å². The molecule has 1 fully saturated rings. The third-order valence-corrected chi connectivity index (χ3v) is 6.56. The molecule has 0 aliphatic carbocycles. The van der Waals surface area contributed by atoms with Gasteiger partial charge in [-0.1, -0.05) is 30.3 Å². The first-order valence-electron chi connectivity index (χ1n) is 9.54. The summed E-state index contributed by atoms with van der Waals surface area (Å²) in [6.07, 6.45) is 2.13. The Morgan fingerprint density at radius 3 is 2.52 bits per heavy atom. The average Bonchev–Trinajstić information content (AvgIpc) is 3.10. The molecule has 0 spiro atoms. The van der Waals surface area contributed by atoms with Crippen LogP contribution in [-0.4, -0.2) is 35.4 Å². The first-order chi connectivity index (χ1) is 13.1. The smallest absolute Gasteiger partial charge is 0.238 e. The lowest BCUT2D eigenvalue weighted by molar-refractivity contribution is -0.117. The quantitative estimate of drug-likeness (QED) is 0.713. The fraction of sp³-hybridized carbons (Fsp3) is 0.364. The number of hydrogen-bond donors (Lipinski definition) is 1. The second-order valence-electron chi connectivity index (χ2n) is 7.39. The molecule has 2 heterocycles. The van der Waals surface area contributed by atoms with Gasteiger partial charge in [-0.3, -0.25) is 9.69 Å². The van der Waals surface area contributed by atoms with Gasteiger partial charge in [-0.05, 0) is 63.0 Å². The molecular weight excluding hydrogens is 354 g/mol. The van der Waals surface area contributed by atoms with Crippen molar-refractivity contribution in [3.05, 3.63) is 58.6 Å². The molecule has 1 aliphatic heterocycles. The Kier molecular flexibility index (Phi) is 5.23. The van der Waals surface area contributed by atoms with Gasteiger partial charge in [-0.15, -0.1) is 11.3 Å². The SMILES string of the molecule is Cc1cccc(C)c1NC(=O)CN1CCC(c2nc3ccccc3s2)CC1. The number of hydrogen-bond acceptors (Lipinski definition) is 4. The van der Waals surface area contributed by atoms with E-state index in [1.54, 1.807) is 0 Å². The van der Waals surface area contributed by atoms with Gasteiger partial charge in [-0.2, -0.15) is 0 Å². The van der Waals surface area contributed by atoms with Crippen LogP contribution in [0, 0.1) is 13.8 Å². The molecule has 3 aromatic rings. The van der Waals surface area contributed by atoms with Gasteiger partial charge in [0.2, 0.25) is 5.91 Å². The summed E-state index contributed by atoms with van der Waals surface area (Å²) < 4.78 is 1.27. The maximum absolute atomic E-state index is 12.5. The number of carbonyl (C=O) groups is 1. The zero-order chi connectivity index (χ0) is 18.8. The molecule has 1 aliphatic rings. The molecular formula is C22H25N3OS. The first kappa shape index (κ1) is 18.1. The van der Waals surface area contributed by atoms with E-state index in [9.17, 15) is 4.79 Å². The van der Waals surface area contributed by atoms with Crippen molar-refractivity contribution in [1.29, 1.82) is 0 Å². The number of carbonyl (C=O) groups excluding carboxylic acids is 1. The molecule has 1 N–H and O–H groups in total. The number of nitrogens with one attached hydrogen (secondary N) is 1. The topological polar surface area (TPSA) is 45.2 Å². The molecule has 140 valence electrons. The highest BCUT2D eigenvalue weighted by molar-refractivity contribution is 7.18. The van der Waals surface area contributed by atoms with E-state index < -0.39 is 0 Å². The number of amides is 1. The maximum Gasteiger partial charge on any atom is 0.238 e. The van der Waals surface area contributed by atoms with Gasteiger partial charge in [-0.25, -0.2) is 4.98 Å². The van der Waals surface area contributed by atoms with Crippen molar-refractivity contribution >= 4 is 33.1 Å². The molecule has 4 rings (SSSR count). The van der Waals surface area contributed by atoms with E-state index in [0.717, 1.165) is 48.3 Å². The van der Waals surface area contributed by atoms with Crippen LogP contribution in [0.3, 0.4) is 0 Å². The highest BCUT2D eigenvalue weighted by Gasteiger charge is 2.24. The molecule has 0 unspecified atom stereocenters. The predicted octanol–water partition coefficient (Wildman–Crippen LogP) is 4.73. The zero-order valence-electron chi connectivity index (χ0n) is 15.9. The van der Waals surface area contributed by atoms with Gasteiger partial charge >= 0.3 is 0 Å². The molecule has 4 nitrogen and oxygen atoms in total. The van der Waals surface area contributed by atoms with Gasteiger partial charge in [0.1, 0.15) is 0 Å². The Labute approximate surface area is 164 Å². The summed E-state index contributed by atoms with van der Waals surface area (Å²) in [5.74, 6) is 0.589. The number of thiazole rings is 1. The second kappa shape index (κ2) is 7.79. The zero-order valence-corrected chi connectivity index (χ0v) is 16.7. The van der Waals surface area contributed by atoms with Crippen LogP contribution in [0.5, 0.6) is 0 Å². The average molecular weight is 380 g/mol. The van der Waals surface area contributed by atoms with Crippen molar-refractivity contribution in [2.45, 2.75) is 32.6 Å². The predicted molar refractivity (Wildman–Crippen MR) is 113 cm³/mol. The number of aromatic nitrogens is 1. The fourth-order valence-electron chi connectivity index (χ4n) is 3.80. The maximum atomic E-state index is 12.5. The van der Waals surface area contributed by atoms with Crippen LogP contribution >= 0.6 is 11.3 Å². The van der Waals surface area contributed by atoms with Gasteiger partial charge in [0.25, 0.3) is 0 Å². The number of anilines is 1. The molecule has 1 aromatic heterocycles. The van der Waals surface area contributed by atoms with Crippen molar-refractivity contribution in [3.8, 4) is 0 Å². The van der Waals surface area contributed by atoms with E-state index in [1.165, 1.54) is 9.71 Å². The number of aryl methyl sites for hydroxylation is 2. The number of benzene rings is 2. The Morgan fingerprint density at radius 1 is 1.11 bits per heavy atom. The summed E-state index contributed by atoms with van der Waals surface area (Å²) in [6.45, 7) is 6.42. The standard InChI is InChI=1S/C22H25N3OS/c1-15-6-5-7-16(2)21(15)24-20(26)14-25-12-10-17(11-13-25)22-23-18-8-3-4-9-19(18)27-22/h3-9,17H,10-14H2,1-2H3,(H,24,26). The highest BCUT2D eigenvalue weighted by Crippen LogP contribution is 2.33. The number of rotatable bonds is 4. The summed E-state index contributed by atoms with van der Waals surface area (Å²) in [7, 11) is 0. The number of para-hydroxylation sites is 2. The number of fused-ring (bicyclic) bond motifs is 1. The van der Waals surface area contributed by atoms with Gasteiger partial charge < -0.3 is 5.32 Å². The van der Waals surface area contributed by atoms with E-state index in [-0.39, 0.29) is 5.91 Å². The molecule has 2 aromatic carbocycles. The van der Waals surface area contributed by atoms with Crippen molar-refractivity contribution in [2.75, 3.05) is 25.0 Å². The van der Waals surface area contributed by atoms with Crippen molar-refractivity contribution in [2.24, 2.45) is 0 Å². The Balaban J connectivity index is 1.33.